The summed E-state index contributed by atoms with van der Waals surface area (Å²) in [7, 11) is 0. The third kappa shape index (κ3) is 9.39. The lowest BCUT2D eigenvalue weighted by Gasteiger charge is -2.21. The first-order valence-corrected chi connectivity index (χ1v) is 4.75. The van der Waals surface area contributed by atoms with Gasteiger partial charge in [-0.25, -0.2) is 0 Å². The fourth-order valence-electron chi connectivity index (χ4n) is 1.12. The molecule has 0 amide bonds. The van der Waals surface area contributed by atoms with Crippen molar-refractivity contribution >= 4 is 0 Å². The number of rotatable bonds is 4. The summed E-state index contributed by atoms with van der Waals surface area (Å²) in [6.45, 7) is 7.99. The molecule has 0 bridgehead atoms. The van der Waals surface area contributed by atoms with E-state index < -0.39 is 5.60 Å². The Balaban J connectivity index is 3.57. The number of hydrogen-bond acceptors (Lipinski definition) is 2. The van der Waals surface area contributed by atoms with E-state index in [9.17, 15) is 5.11 Å². The van der Waals surface area contributed by atoms with Crippen molar-refractivity contribution in [2.75, 3.05) is 6.61 Å². The summed E-state index contributed by atoms with van der Waals surface area (Å²) >= 11 is 0. The van der Waals surface area contributed by atoms with Crippen LogP contribution in [0.5, 0.6) is 0 Å². The van der Waals surface area contributed by atoms with E-state index in [-0.39, 0.29) is 6.10 Å². The zero-order valence-electron chi connectivity index (χ0n) is 9.05. The molecule has 0 aromatic heterocycles. The first-order valence-electron chi connectivity index (χ1n) is 4.75. The Hall–Kier alpha value is -0.520. The van der Waals surface area contributed by atoms with Gasteiger partial charge >= 0.3 is 0 Å². The average molecular weight is 184 g/mol. The largest absolute Gasteiger partial charge is 0.390 e. The molecule has 0 aliphatic rings. The van der Waals surface area contributed by atoms with Gasteiger partial charge in [-0.2, -0.15) is 0 Å². The third-order valence-electron chi connectivity index (χ3n) is 1.53. The van der Waals surface area contributed by atoms with Gasteiger partial charge in [0.15, 0.2) is 0 Å². The predicted octanol–water partition coefficient (Wildman–Crippen LogP) is 1.97. The van der Waals surface area contributed by atoms with Gasteiger partial charge in [0.1, 0.15) is 6.61 Å². The maximum Gasteiger partial charge on any atom is 0.108 e. The first kappa shape index (κ1) is 12.5. The highest BCUT2D eigenvalue weighted by atomic mass is 16.5. The van der Waals surface area contributed by atoms with Gasteiger partial charge in [-0.1, -0.05) is 12.8 Å². The zero-order valence-corrected chi connectivity index (χ0v) is 9.05. The van der Waals surface area contributed by atoms with Crippen molar-refractivity contribution in [3.63, 3.8) is 0 Å². The molecule has 0 saturated carbocycles. The molecule has 0 rings (SSSR count). The Morgan fingerprint density at radius 2 is 2.00 bits per heavy atom. The molecule has 76 valence electrons. The van der Waals surface area contributed by atoms with Crippen LogP contribution in [0.4, 0.5) is 0 Å². The fraction of sp³-hybridized carbons (Fsp3) is 0.818. The van der Waals surface area contributed by atoms with Crippen molar-refractivity contribution in [3.05, 3.63) is 0 Å². The van der Waals surface area contributed by atoms with Gasteiger partial charge in [0, 0.05) is 12.8 Å². The topological polar surface area (TPSA) is 29.5 Å². The molecule has 0 aliphatic heterocycles. The summed E-state index contributed by atoms with van der Waals surface area (Å²) in [5, 5.41) is 9.47. The van der Waals surface area contributed by atoms with Crippen molar-refractivity contribution in [1.29, 1.82) is 0 Å². The van der Waals surface area contributed by atoms with Crippen molar-refractivity contribution in [1.82, 2.24) is 0 Å². The van der Waals surface area contributed by atoms with Gasteiger partial charge in [0.05, 0.1) is 11.7 Å². The monoisotopic (exact) mass is 184 g/mol. The molecule has 13 heavy (non-hydrogen) atoms. The molecule has 1 unspecified atom stereocenters. The SMILES string of the molecule is CCC#CCOC(C)CC(C)(C)O. The number of aliphatic hydroxyl groups is 1. The third-order valence-corrected chi connectivity index (χ3v) is 1.53. The van der Waals surface area contributed by atoms with E-state index in [1.54, 1.807) is 13.8 Å². The first-order chi connectivity index (χ1) is 5.95. The van der Waals surface area contributed by atoms with E-state index in [1.165, 1.54) is 0 Å². The van der Waals surface area contributed by atoms with Crippen LogP contribution in [0.1, 0.15) is 40.5 Å². The summed E-state index contributed by atoms with van der Waals surface area (Å²) in [4.78, 5) is 0. The van der Waals surface area contributed by atoms with E-state index in [0.717, 1.165) is 6.42 Å². The van der Waals surface area contributed by atoms with Gasteiger partial charge < -0.3 is 9.84 Å². The lowest BCUT2D eigenvalue weighted by molar-refractivity contribution is -0.00222. The number of ether oxygens (including phenoxy) is 1. The molecular formula is C11H20O2. The zero-order chi connectivity index (χ0) is 10.3. The van der Waals surface area contributed by atoms with Crippen LogP contribution in [0.2, 0.25) is 0 Å². The Bertz CT molecular complexity index is 180. The maximum atomic E-state index is 9.47. The lowest BCUT2D eigenvalue weighted by atomic mass is 10.0. The molecule has 0 heterocycles. The van der Waals surface area contributed by atoms with Crippen LogP contribution >= 0.6 is 0 Å². The highest BCUT2D eigenvalue weighted by Gasteiger charge is 2.16. The fourth-order valence-corrected chi connectivity index (χ4v) is 1.12. The minimum atomic E-state index is -0.655. The number of hydrogen-bond donors (Lipinski definition) is 1. The van der Waals surface area contributed by atoms with Crippen LogP contribution < -0.4 is 0 Å². The van der Waals surface area contributed by atoms with Crippen molar-refractivity contribution in [3.8, 4) is 11.8 Å². The maximum absolute atomic E-state index is 9.47. The molecule has 0 saturated heterocycles. The second kappa shape index (κ2) is 6.01. The molecule has 0 aromatic rings. The molecule has 0 aromatic carbocycles. The van der Waals surface area contributed by atoms with Crippen LogP contribution in [-0.2, 0) is 4.74 Å². The lowest BCUT2D eigenvalue weighted by Crippen LogP contribution is -2.26. The van der Waals surface area contributed by atoms with Gasteiger partial charge in [-0.05, 0) is 20.8 Å². The van der Waals surface area contributed by atoms with Crippen LogP contribution in [-0.4, -0.2) is 23.4 Å². The summed E-state index contributed by atoms with van der Waals surface area (Å²) in [6, 6.07) is 0. The average Bonchev–Trinajstić information content (AvgIpc) is 1.94. The minimum absolute atomic E-state index is 0.0613. The summed E-state index contributed by atoms with van der Waals surface area (Å²) in [5.74, 6) is 5.83. The highest BCUT2D eigenvalue weighted by Crippen LogP contribution is 2.12. The quantitative estimate of drug-likeness (QED) is 0.677. The molecule has 2 heteroatoms. The van der Waals surface area contributed by atoms with Crippen molar-refractivity contribution < 1.29 is 9.84 Å². The smallest absolute Gasteiger partial charge is 0.108 e. The molecular weight excluding hydrogens is 164 g/mol. The standard InChI is InChI=1S/C11H20O2/c1-5-6-7-8-13-10(2)9-11(3,4)12/h10,12H,5,8-9H2,1-4H3. The molecule has 0 aliphatic carbocycles. The minimum Gasteiger partial charge on any atom is -0.390 e. The van der Waals surface area contributed by atoms with Gasteiger partial charge in [0.2, 0.25) is 0 Å². The van der Waals surface area contributed by atoms with E-state index in [4.69, 9.17) is 4.74 Å². The Labute approximate surface area is 81.3 Å². The van der Waals surface area contributed by atoms with Gasteiger partial charge in [0.25, 0.3) is 0 Å². The van der Waals surface area contributed by atoms with Crippen molar-refractivity contribution in [2.45, 2.75) is 52.2 Å². The molecule has 1 N–H and O–H groups in total. The van der Waals surface area contributed by atoms with Gasteiger partial charge in [-0.3, -0.25) is 0 Å². The summed E-state index contributed by atoms with van der Waals surface area (Å²) in [6.07, 6.45) is 1.57. The second-order valence-corrected chi connectivity index (χ2v) is 3.85. The second-order valence-electron chi connectivity index (χ2n) is 3.85. The molecule has 1 atom stereocenters. The molecule has 0 radical (unpaired) electrons. The van der Waals surface area contributed by atoms with Crippen LogP contribution in [0, 0.1) is 11.8 Å². The van der Waals surface area contributed by atoms with Crippen LogP contribution in [0.15, 0.2) is 0 Å². The van der Waals surface area contributed by atoms with E-state index >= 15 is 0 Å². The molecule has 0 fully saturated rings. The summed E-state index contributed by atoms with van der Waals surface area (Å²) < 4.78 is 5.39. The van der Waals surface area contributed by atoms with Gasteiger partial charge in [-0.15, -0.1) is 5.92 Å². The molecule has 2 nitrogen and oxygen atoms in total. The normalized spacial score (nSPS) is 13.3. The van der Waals surface area contributed by atoms with E-state index in [2.05, 4.69) is 11.8 Å². The van der Waals surface area contributed by atoms with Crippen LogP contribution in [0.3, 0.4) is 0 Å². The Morgan fingerprint density at radius 1 is 1.38 bits per heavy atom. The Morgan fingerprint density at radius 3 is 2.46 bits per heavy atom. The molecule has 0 spiro atoms. The Kier molecular flexibility index (Phi) is 5.77. The summed E-state index contributed by atoms with van der Waals surface area (Å²) in [5.41, 5.74) is -0.655. The van der Waals surface area contributed by atoms with E-state index in [1.807, 2.05) is 13.8 Å². The predicted molar refractivity (Wildman–Crippen MR) is 54.4 cm³/mol. The van der Waals surface area contributed by atoms with Crippen molar-refractivity contribution in [2.24, 2.45) is 0 Å². The highest BCUT2D eigenvalue weighted by molar-refractivity contribution is 4.98. The van der Waals surface area contributed by atoms with Crippen LogP contribution in [0.25, 0.3) is 0 Å². The van der Waals surface area contributed by atoms with E-state index in [0.29, 0.717) is 13.0 Å².